The summed E-state index contributed by atoms with van der Waals surface area (Å²) in [6, 6.07) is 30.2. The second-order valence-corrected chi connectivity index (χ2v) is 6.51. The summed E-state index contributed by atoms with van der Waals surface area (Å²) in [6.07, 6.45) is 0. The minimum absolute atomic E-state index is 0.461. The predicted octanol–water partition coefficient (Wildman–Crippen LogP) is 3.32. The van der Waals surface area contributed by atoms with E-state index in [1.54, 1.807) is 0 Å². The molecule has 0 atom stereocenters. The topological polar surface area (TPSA) is 9.23 Å². The van der Waals surface area contributed by atoms with Crippen LogP contribution in [0.5, 0.6) is 0 Å². The molecule has 0 bridgehead atoms. The van der Waals surface area contributed by atoms with E-state index >= 15 is 0 Å². The van der Waals surface area contributed by atoms with Gasteiger partial charge in [-0.05, 0) is 29.8 Å². The highest BCUT2D eigenvalue weighted by Crippen LogP contribution is 2.24. The van der Waals surface area contributed by atoms with Crippen molar-refractivity contribution in [1.29, 1.82) is 0 Å². The van der Waals surface area contributed by atoms with E-state index in [1.807, 2.05) is 78.9 Å². The fourth-order valence-electron chi connectivity index (χ4n) is 2.67. The van der Waals surface area contributed by atoms with Gasteiger partial charge in [0.2, 0.25) is 0 Å². The van der Waals surface area contributed by atoms with Crippen LogP contribution in [0.2, 0.25) is 0 Å². The minimum Gasteiger partial charge on any atom is -0.425 e. The predicted molar refractivity (Wildman–Crippen MR) is 111 cm³/mol. The number of hydrogen-bond acceptors (Lipinski definition) is 1. The van der Waals surface area contributed by atoms with E-state index < -0.39 is 5.41 Å². The lowest BCUT2D eigenvalue weighted by atomic mass is 9.82. The van der Waals surface area contributed by atoms with E-state index in [9.17, 15) is 0 Å². The standard InChI is InChI=1S/C24H20OSi/c26-25-20-24(23-14-8-3-9-15-23,18-16-21-10-4-1-5-11-21)19-17-22-12-6-2-7-13-22/h1-15H,20H2,26H3. The molecule has 0 aliphatic carbocycles. The number of hydrogen-bond donors (Lipinski definition) is 0. The molecule has 0 spiro atoms. The summed E-state index contributed by atoms with van der Waals surface area (Å²) >= 11 is 0. The van der Waals surface area contributed by atoms with Gasteiger partial charge in [-0.1, -0.05) is 90.4 Å². The molecule has 0 radical (unpaired) electrons. The minimum atomic E-state index is -0.658. The monoisotopic (exact) mass is 352 g/mol. The Hall–Kier alpha value is -3.04. The van der Waals surface area contributed by atoms with Gasteiger partial charge in [0.15, 0.2) is 0 Å². The SMILES string of the molecule is [SiH3]OCC(C#Cc1ccccc1)(C#Cc1ccccc1)c1ccccc1. The van der Waals surface area contributed by atoms with Gasteiger partial charge < -0.3 is 4.43 Å². The maximum atomic E-state index is 5.67. The fraction of sp³-hybridized carbons (Fsp3) is 0.0833. The van der Waals surface area contributed by atoms with Crippen molar-refractivity contribution in [2.45, 2.75) is 5.41 Å². The van der Waals surface area contributed by atoms with Crippen LogP contribution in [0.15, 0.2) is 91.0 Å². The average Bonchev–Trinajstić information content (AvgIpc) is 2.72. The summed E-state index contributed by atoms with van der Waals surface area (Å²) in [5.41, 5.74) is 2.35. The molecule has 26 heavy (non-hydrogen) atoms. The molecule has 3 aromatic rings. The summed E-state index contributed by atoms with van der Waals surface area (Å²) in [6.45, 7) is 0.461. The average molecular weight is 353 g/mol. The molecule has 0 N–H and O–H groups in total. The zero-order valence-electron chi connectivity index (χ0n) is 14.8. The van der Waals surface area contributed by atoms with Crippen molar-refractivity contribution in [1.82, 2.24) is 0 Å². The van der Waals surface area contributed by atoms with Crippen LogP contribution in [-0.4, -0.2) is 17.1 Å². The van der Waals surface area contributed by atoms with Crippen molar-refractivity contribution in [3.05, 3.63) is 108 Å². The summed E-state index contributed by atoms with van der Waals surface area (Å²) in [7, 11) is 0.640. The molecule has 0 unspecified atom stereocenters. The highest BCUT2D eigenvalue weighted by molar-refractivity contribution is 5.98. The second kappa shape index (κ2) is 8.88. The molecule has 3 rings (SSSR count). The lowest BCUT2D eigenvalue weighted by molar-refractivity contribution is 0.310. The molecular formula is C24H20OSi. The van der Waals surface area contributed by atoms with Gasteiger partial charge >= 0.3 is 0 Å². The molecule has 0 aliphatic heterocycles. The molecule has 0 aliphatic rings. The highest BCUT2D eigenvalue weighted by Gasteiger charge is 2.28. The molecule has 2 heteroatoms. The Morgan fingerprint density at radius 1 is 0.654 bits per heavy atom. The van der Waals surface area contributed by atoms with E-state index in [1.165, 1.54) is 0 Å². The Kier molecular flexibility index (Phi) is 6.07. The molecular weight excluding hydrogens is 332 g/mol. The molecule has 3 aromatic carbocycles. The zero-order valence-corrected chi connectivity index (χ0v) is 16.8. The maximum absolute atomic E-state index is 5.67. The largest absolute Gasteiger partial charge is 0.425 e. The number of benzene rings is 3. The molecule has 0 saturated heterocycles. The molecule has 0 amide bonds. The van der Waals surface area contributed by atoms with Gasteiger partial charge in [0, 0.05) is 11.1 Å². The Bertz CT molecular complexity index is 885. The molecule has 0 saturated carbocycles. The van der Waals surface area contributed by atoms with Crippen LogP contribution in [0, 0.1) is 23.7 Å². The van der Waals surface area contributed by atoms with E-state index in [0.717, 1.165) is 16.7 Å². The normalized spacial score (nSPS) is 10.3. The van der Waals surface area contributed by atoms with Crippen LogP contribution >= 0.6 is 0 Å². The van der Waals surface area contributed by atoms with E-state index in [0.29, 0.717) is 17.1 Å². The molecule has 1 nitrogen and oxygen atoms in total. The van der Waals surface area contributed by atoms with Crippen LogP contribution in [-0.2, 0) is 9.84 Å². The van der Waals surface area contributed by atoms with Gasteiger partial charge in [-0.3, -0.25) is 0 Å². The molecule has 0 heterocycles. The first kappa shape index (κ1) is 17.8. The van der Waals surface area contributed by atoms with Crippen LogP contribution in [0.3, 0.4) is 0 Å². The second-order valence-electron chi connectivity index (χ2n) is 5.94. The molecule has 126 valence electrons. The van der Waals surface area contributed by atoms with Gasteiger partial charge in [0.05, 0.1) is 6.61 Å². The Labute approximate surface area is 158 Å². The van der Waals surface area contributed by atoms with E-state index in [-0.39, 0.29) is 0 Å². The van der Waals surface area contributed by atoms with Crippen LogP contribution in [0.4, 0.5) is 0 Å². The quantitative estimate of drug-likeness (QED) is 0.519. The lowest BCUT2D eigenvalue weighted by Crippen LogP contribution is -2.28. The van der Waals surface area contributed by atoms with Gasteiger partial charge in [-0.25, -0.2) is 0 Å². The van der Waals surface area contributed by atoms with Crippen molar-refractivity contribution in [3.63, 3.8) is 0 Å². The molecule has 0 aromatic heterocycles. The maximum Gasteiger partial charge on any atom is 0.146 e. The van der Waals surface area contributed by atoms with Crippen molar-refractivity contribution >= 4 is 10.5 Å². The number of rotatable bonds is 3. The lowest BCUT2D eigenvalue weighted by Gasteiger charge is -2.23. The van der Waals surface area contributed by atoms with E-state index in [2.05, 4.69) is 35.8 Å². The van der Waals surface area contributed by atoms with Gasteiger partial charge in [-0.2, -0.15) is 0 Å². The highest BCUT2D eigenvalue weighted by atomic mass is 28.2. The first-order chi connectivity index (χ1) is 12.8. The van der Waals surface area contributed by atoms with Gasteiger partial charge in [0.1, 0.15) is 15.9 Å². The third-order valence-corrected chi connectivity index (χ3v) is 4.30. The summed E-state index contributed by atoms with van der Waals surface area (Å²) in [4.78, 5) is 0. The smallest absolute Gasteiger partial charge is 0.146 e. The fourth-order valence-corrected chi connectivity index (χ4v) is 3.10. The summed E-state index contributed by atoms with van der Waals surface area (Å²) < 4.78 is 5.67. The van der Waals surface area contributed by atoms with Crippen LogP contribution in [0.1, 0.15) is 16.7 Å². The van der Waals surface area contributed by atoms with Crippen molar-refractivity contribution in [2.75, 3.05) is 6.61 Å². The Balaban J connectivity index is 2.11. The zero-order chi connectivity index (χ0) is 18.1. The summed E-state index contributed by atoms with van der Waals surface area (Å²) in [5.74, 6) is 13.4. The first-order valence-corrected chi connectivity index (χ1v) is 9.35. The van der Waals surface area contributed by atoms with Gasteiger partial charge in [-0.15, -0.1) is 0 Å². The van der Waals surface area contributed by atoms with Gasteiger partial charge in [0.25, 0.3) is 0 Å². The van der Waals surface area contributed by atoms with Crippen molar-refractivity contribution in [2.24, 2.45) is 0 Å². The third-order valence-electron chi connectivity index (χ3n) is 4.02. The van der Waals surface area contributed by atoms with Crippen LogP contribution in [0.25, 0.3) is 0 Å². The van der Waals surface area contributed by atoms with E-state index in [4.69, 9.17) is 4.43 Å². The first-order valence-electron chi connectivity index (χ1n) is 8.53. The Morgan fingerprint density at radius 2 is 1.08 bits per heavy atom. The Morgan fingerprint density at radius 3 is 1.50 bits per heavy atom. The van der Waals surface area contributed by atoms with Crippen LogP contribution < -0.4 is 0 Å². The molecule has 0 fully saturated rings. The van der Waals surface area contributed by atoms with Crippen molar-refractivity contribution in [3.8, 4) is 23.7 Å². The van der Waals surface area contributed by atoms with Crippen molar-refractivity contribution < 1.29 is 4.43 Å². The summed E-state index contributed by atoms with van der Waals surface area (Å²) in [5, 5.41) is 0. The third kappa shape index (κ3) is 4.52.